The molecule has 30 heavy (non-hydrogen) atoms. The number of aromatic nitrogens is 1. The van der Waals surface area contributed by atoms with Crippen LogP contribution in [-0.4, -0.2) is 42.1 Å². The molecule has 1 amide bonds. The Morgan fingerprint density at radius 1 is 1.10 bits per heavy atom. The first kappa shape index (κ1) is 22.2. The van der Waals surface area contributed by atoms with Crippen molar-refractivity contribution in [3.63, 3.8) is 0 Å². The highest BCUT2D eigenvalue weighted by Crippen LogP contribution is 2.26. The zero-order chi connectivity index (χ0) is 21.8. The molecular formula is C20H22F5N3O2. The zero-order valence-corrected chi connectivity index (χ0v) is 16.2. The standard InChI is InChI=1S/C20H22F5N3O2/c1-10(18(22)23)27-13-2-4-14(5-3-13)28-19(29)12-6-11-7-15(21)17(30-20(24)25)8-16(11)26-9-12/h6-10,13-14,18,20,27H,2-5H2,1H3,(H,28,29)/t10-,13-,14-/m0/s1. The van der Waals surface area contributed by atoms with Crippen LogP contribution in [0.1, 0.15) is 43.0 Å². The Bertz CT molecular complexity index is 888. The Balaban J connectivity index is 1.60. The molecule has 0 bridgehead atoms. The molecule has 1 fully saturated rings. The molecule has 3 rings (SSSR count). The Labute approximate surface area is 170 Å². The van der Waals surface area contributed by atoms with Crippen LogP contribution in [0.2, 0.25) is 0 Å². The van der Waals surface area contributed by atoms with E-state index in [0.717, 1.165) is 12.1 Å². The average molecular weight is 431 g/mol. The highest BCUT2D eigenvalue weighted by atomic mass is 19.3. The van der Waals surface area contributed by atoms with Crippen LogP contribution in [0.4, 0.5) is 22.0 Å². The third-order valence-electron chi connectivity index (χ3n) is 5.15. The van der Waals surface area contributed by atoms with E-state index < -0.39 is 36.6 Å². The summed E-state index contributed by atoms with van der Waals surface area (Å²) >= 11 is 0. The summed E-state index contributed by atoms with van der Waals surface area (Å²) in [4.78, 5) is 16.6. The number of rotatable bonds is 7. The van der Waals surface area contributed by atoms with E-state index in [1.54, 1.807) is 0 Å². The van der Waals surface area contributed by atoms with Gasteiger partial charge in [-0.1, -0.05) is 0 Å². The van der Waals surface area contributed by atoms with Crippen molar-refractivity contribution in [2.45, 2.75) is 63.8 Å². The number of benzene rings is 1. The Morgan fingerprint density at radius 2 is 1.77 bits per heavy atom. The van der Waals surface area contributed by atoms with E-state index in [9.17, 15) is 26.7 Å². The highest BCUT2D eigenvalue weighted by molar-refractivity contribution is 5.97. The molecule has 1 atom stereocenters. The number of amides is 1. The summed E-state index contributed by atoms with van der Waals surface area (Å²) in [5.74, 6) is -1.99. The minimum Gasteiger partial charge on any atom is -0.432 e. The maximum Gasteiger partial charge on any atom is 0.387 e. The monoisotopic (exact) mass is 431 g/mol. The summed E-state index contributed by atoms with van der Waals surface area (Å²) in [6, 6.07) is 2.45. The van der Waals surface area contributed by atoms with Gasteiger partial charge in [0.15, 0.2) is 11.6 Å². The summed E-state index contributed by atoms with van der Waals surface area (Å²) in [7, 11) is 0. The zero-order valence-electron chi connectivity index (χ0n) is 16.2. The topological polar surface area (TPSA) is 63.2 Å². The van der Waals surface area contributed by atoms with Crippen molar-refractivity contribution in [3.05, 3.63) is 35.8 Å². The molecule has 0 radical (unpaired) electrons. The van der Waals surface area contributed by atoms with Crippen LogP contribution in [0, 0.1) is 5.82 Å². The normalized spacial score (nSPS) is 20.5. The van der Waals surface area contributed by atoms with Crippen LogP contribution < -0.4 is 15.4 Å². The van der Waals surface area contributed by atoms with E-state index in [-0.39, 0.29) is 28.6 Å². The molecule has 2 N–H and O–H groups in total. The van der Waals surface area contributed by atoms with E-state index >= 15 is 0 Å². The number of hydrogen-bond donors (Lipinski definition) is 2. The molecule has 164 valence electrons. The van der Waals surface area contributed by atoms with Gasteiger partial charge >= 0.3 is 6.61 Å². The quantitative estimate of drug-likeness (QED) is 0.643. The molecule has 1 aliphatic carbocycles. The van der Waals surface area contributed by atoms with E-state index in [1.807, 2.05) is 0 Å². The van der Waals surface area contributed by atoms with Gasteiger partial charge in [-0.25, -0.2) is 13.2 Å². The number of ether oxygens (including phenoxy) is 1. The fourth-order valence-corrected chi connectivity index (χ4v) is 3.56. The predicted molar refractivity (Wildman–Crippen MR) is 100 cm³/mol. The van der Waals surface area contributed by atoms with Crippen LogP contribution in [-0.2, 0) is 0 Å². The molecular weight excluding hydrogens is 409 g/mol. The summed E-state index contributed by atoms with van der Waals surface area (Å²) in [6.07, 6.45) is 1.46. The molecule has 5 nitrogen and oxygen atoms in total. The van der Waals surface area contributed by atoms with Crippen molar-refractivity contribution < 1.29 is 31.5 Å². The maximum atomic E-state index is 13.9. The maximum absolute atomic E-state index is 13.9. The summed E-state index contributed by atoms with van der Waals surface area (Å²) in [6.45, 7) is -1.72. The number of carbonyl (C=O) groups is 1. The number of alkyl halides is 4. The lowest BCUT2D eigenvalue weighted by molar-refractivity contribution is -0.0520. The van der Waals surface area contributed by atoms with Crippen LogP contribution in [0.3, 0.4) is 0 Å². The van der Waals surface area contributed by atoms with E-state index in [0.29, 0.717) is 25.7 Å². The molecule has 0 aliphatic heterocycles. The lowest BCUT2D eigenvalue weighted by Crippen LogP contribution is -2.46. The van der Waals surface area contributed by atoms with Crippen LogP contribution >= 0.6 is 0 Å². The average Bonchev–Trinajstić information content (AvgIpc) is 2.69. The first-order chi connectivity index (χ1) is 14.2. The number of nitrogens with one attached hydrogen (secondary N) is 2. The summed E-state index contributed by atoms with van der Waals surface area (Å²) < 4.78 is 67.9. The van der Waals surface area contributed by atoms with Crippen LogP contribution in [0.15, 0.2) is 24.4 Å². The molecule has 10 heteroatoms. The van der Waals surface area contributed by atoms with Gasteiger partial charge in [-0.15, -0.1) is 0 Å². The number of halogens is 5. The van der Waals surface area contributed by atoms with Gasteiger partial charge in [0.25, 0.3) is 12.3 Å². The number of carbonyl (C=O) groups excluding carboxylic acids is 1. The van der Waals surface area contributed by atoms with Gasteiger partial charge in [-0.3, -0.25) is 9.78 Å². The third-order valence-corrected chi connectivity index (χ3v) is 5.15. The number of fused-ring (bicyclic) bond motifs is 1. The highest BCUT2D eigenvalue weighted by Gasteiger charge is 2.26. The van der Waals surface area contributed by atoms with Crippen LogP contribution in [0.25, 0.3) is 10.9 Å². The fourth-order valence-electron chi connectivity index (χ4n) is 3.56. The number of pyridine rings is 1. The van der Waals surface area contributed by atoms with Crippen molar-refractivity contribution >= 4 is 16.8 Å². The Hall–Kier alpha value is -2.49. The summed E-state index contributed by atoms with van der Waals surface area (Å²) in [5.41, 5.74) is 0.416. The first-order valence-electron chi connectivity index (χ1n) is 9.62. The predicted octanol–water partition coefficient (Wildman–Crippen LogP) is 4.26. The second kappa shape index (κ2) is 9.55. The van der Waals surface area contributed by atoms with Crippen molar-refractivity contribution in [1.29, 1.82) is 0 Å². The van der Waals surface area contributed by atoms with Crippen molar-refractivity contribution in [3.8, 4) is 5.75 Å². The smallest absolute Gasteiger partial charge is 0.387 e. The molecule has 0 spiro atoms. The fraction of sp³-hybridized carbons (Fsp3) is 0.500. The Kier molecular flexibility index (Phi) is 7.06. The number of hydrogen-bond acceptors (Lipinski definition) is 4. The molecule has 2 aromatic rings. The first-order valence-corrected chi connectivity index (χ1v) is 9.62. The molecule has 0 unspecified atom stereocenters. The largest absolute Gasteiger partial charge is 0.432 e. The molecule has 1 saturated carbocycles. The third kappa shape index (κ3) is 5.56. The Morgan fingerprint density at radius 3 is 2.40 bits per heavy atom. The minimum atomic E-state index is -3.16. The molecule has 1 aromatic heterocycles. The second-order valence-electron chi connectivity index (χ2n) is 7.39. The van der Waals surface area contributed by atoms with Crippen molar-refractivity contribution in [2.24, 2.45) is 0 Å². The van der Waals surface area contributed by atoms with E-state index in [2.05, 4.69) is 20.4 Å². The van der Waals surface area contributed by atoms with Gasteiger partial charge in [0.2, 0.25) is 0 Å². The lowest BCUT2D eigenvalue weighted by atomic mass is 9.90. The molecule has 0 saturated heterocycles. The lowest BCUT2D eigenvalue weighted by Gasteiger charge is -2.31. The minimum absolute atomic E-state index is 0.0166. The van der Waals surface area contributed by atoms with E-state index in [1.165, 1.54) is 19.2 Å². The van der Waals surface area contributed by atoms with Gasteiger partial charge in [0.05, 0.1) is 17.1 Å². The SMILES string of the molecule is C[C@H](N[C@H]1CC[C@H](NC(=O)c2cnc3cc(OC(F)F)c(F)cc3c2)CC1)C(F)F. The van der Waals surface area contributed by atoms with Gasteiger partial charge in [-0.2, -0.15) is 8.78 Å². The molecule has 1 aromatic carbocycles. The van der Waals surface area contributed by atoms with Gasteiger partial charge in [0, 0.05) is 29.7 Å². The van der Waals surface area contributed by atoms with Crippen LogP contribution in [0.5, 0.6) is 5.75 Å². The molecule has 1 heterocycles. The summed E-state index contributed by atoms with van der Waals surface area (Å²) in [5, 5.41) is 6.05. The van der Waals surface area contributed by atoms with Gasteiger partial charge in [-0.05, 0) is 44.7 Å². The van der Waals surface area contributed by atoms with Gasteiger partial charge in [0.1, 0.15) is 0 Å². The van der Waals surface area contributed by atoms with Crippen molar-refractivity contribution in [1.82, 2.24) is 15.6 Å². The van der Waals surface area contributed by atoms with Gasteiger partial charge < -0.3 is 15.4 Å². The van der Waals surface area contributed by atoms with E-state index in [4.69, 9.17) is 0 Å². The second-order valence-corrected chi connectivity index (χ2v) is 7.39. The number of nitrogens with zero attached hydrogens (tertiary/aromatic N) is 1. The molecule has 1 aliphatic rings. The van der Waals surface area contributed by atoms with Crippen molar-refractivity contribution in [2.75, 3.05) is 0 Å².